The molecule has 0 heterocycles. The van der Waals surface area contributed by atoms with E-state index in [2.05, 4.69) is 10.6 Å². The fraction of sp³-hybridized carbons (Fsp3) is 0.800. The number of aliphatic hydroxyl groups is 1. The van der Waals surface area contributed by atoms with Crippen molar-refractivity contribution in [2.24, 2.45) is 0 Å². The Morgan fingerprint density at radius 2 is 1.94 bits per heavy atom. The monoisotopic (exact) mass is 247 g/mol. The first-order chi connectivity index (χ1) is 7.65. The molecule has 0 rings (SSSR count). The molecule has 0 aromatic carbocycles. The molecule has 0 saturated heterocycles. The van der Waals surface area contributed by atoms with Gasteiger partial charge in [-0.25, -0.2) is 9.59 Å². The lowest BCUT2D eigenvalue weighted by Gasteiger charge is -2.21. The molecule has 100 valence electrons. The quantitative estimate of drug-likeness (QED) is 0.486. The van der Waals surface area contributed by atoms with Gasteiger partial charge in [0, 0.05) is 12.6 Å². The van der Waals surface area contributed by atoms with Crippen LogP contribution in [0.3, 0.4) is 0 Å². The van der Waals surface area contributed by atoms with Gasteiger partial charge >= 0.3 is 12.0 Å². The summed E-state index contributed by atoms with van der Waals surface area (Å²) in [4.78, 5) is 23.8. The second kappa shape index (κ2) is 6.41. The highest BCUT2D eigenvalue weighted by Crippen LogP contribution is 2.00. The Balaban J connectivity index is 4.00. The number of carboxylic acid groups (broad SMARTS) is 1. The summed E-state index contributed by atoms with van der Waals surface area (Å²) < 4.78 is 0. The zero-order valence-corrected chi connectivity index (χ0v) is 10.6. The lowest BCUT2D eigenvalue weighted by atomic mass is 10.1. The molecule has 0 spiro atoms. The summed E-state index contributed by atoms with van der Waals surface area (Å²) >= 11 is 0. The number of carbonyl (C=O) groups is 2. The molecule has 0 aliphatic rings. The van der Waals surface area contributed by atoms with Crippen molar-refractivity contribution in [3.8, 4) is 0 Å². The van der Waals surface area contributed by atoms with Crippen molar-refractivity contribution in [3.05, 3.63) is 0 Å². The van der Waals surface area contributed by atoms with E-state index >= 15 is 0 Å². The fourth-order valence-electron chi connectivity index (χ4n) is 1.20. The van der Waals surface area contributed by atoms with E-state index in [0.29, 0.717) is 6.54 Å². The lowest BCUT2D eigenvalue weighted by molar-refractivity contribution is -0.155. The van der Waals surface area contributed by atoms with Crippen molar-refractivity contribution in [1.82, 2.24) is 15.5 Å². The maximum atomic E-state index is 11.4. The highest BCUT2D eigenvalue weighted by molar-refractivity contribution is 5.79. The first kappa shape index (κ1) is 15.7. The van der Waals surface area contributed by atoms with Gasteiger partial charge < -0.3 is 25.7 Å². The van der Waals surface area contributed by atoms with Gasteiger partial charge in [-0.1, -0.05) is 0 Å². The predicted octanol–water partition coefficient (Wildman–Crippen LogP) is -0.929. The fourth-order valence-corrected chi connectivity index (χ4v) is 1.20. The van der Waals surface area contributed by atoms with Gasteiger partial charge in [-0.2, -0.15) is 0 Å². The van der Waals surface area contributed by atoms with Crippen LogP contribution in [0.4, 0.5) is 4.79 Å². The average Bonchev–Trinajstić information content (AvgIpc) is 2.13. The highest BCUT2D eigenvalue weighted by atomic mass is 16.4. The summed E-state index contributed by atoms with van der Waals surface area (Å²) in [7, 11) is 3.76. The molecular weight excluding hydrogens is 226 g/mol. The summed E-state index contributed by atoms with van der Waals surface area (Å²) in [5, 5.41) is 22.9. The van der Waals surface area contributed by atoms with Gasteiger partial charge in [0.05, 0.1) is 6.54 Å². The normalized spacial score (nSPS) is 16.1. The SMILES string of the molecule is CC(CN(C)C)NC(=O)NCC(C)(O)C(=O)O. The van der Waals surface area contributed by atoms with Crippen LogP contribution in [0.2, 0.25) is 0 Å². The van der Waals surface area contributed by atoms with Gasteiger partial charge in [-0.05, 0) is 27.9 Å². The van der Waals surface area contributed by atoms with E-state index in [-0.39, 0.29) is 12.6 Å². The maximum Gasteiger partial charge on any atom is 0.337 e. The number of carbonyl (C=O) groups excluding carboxylic acids is 1. The summed E-state index contributed by atoms with van der Waals surface area (Å²) in [5.74, 6) is -1.38. The molecule has 0 aromatic rings. The van der Waals surface area contributed by atoms with E-state index in [1.165, 1.54) is 0 Å². The van der Waals surface area contributed by atoms with E-state index in [9.17, 15) is 14.7 Å². The van der Waals surface area contributed by atoms with Crippen molar-refractivity contribution >= 4 is 12.0 Å². The van der Waals surface area contributed by atoms with Crippen LogP contribution in [0.25, 0.3) is 0 Å². The Kier molecular flexibility index (Phi) is 5.90. The van der Waals surface area contributed by atoms with Crippen LogP contribution in [0, 0.1) is 0 Å². The molecule has 2 amide bonds. The second-order valence-corrected chi connectivity index (χ2v) is 4.57. The Bertz CT molecular complexity index is 279. The van der Waals surface area contributed by atoms with Gasteiger partial charge in [0.2, 0.25) is 0 Å². The molecule has 0 radical (unpaired) electrons. The number of hydrogen-bond acceptors (Lipinski definition) is 4. The first-order valence-corrected chi connectivity index (χ1v) is 5.30. The zero-order valence-electron chi connectivity index (χ0n) is 10.6. The third-order valence-corrected chi connectivity index (χ3v) is 2.07. The van der Waals surface area contributed by atoms with Gasteiger partial charge in [-0.15, -0.1) is 0 Å². The molecule has 2 atom stereocenters. The largest absolute Gasteiger partial charge is 0.479 e. The van der Waals surface area contributed by atoms with Crippen molar-refractivity contribution in [2.45, 2.75) is 25.5 Å². The topological polar surface area (TPSA) is 102 Å². The third-order valence-electron chi connectivity index (χ3n) is 2.07. The number of amides is 2. The Labute approximate surface area is 101 Å². The molecule has 0 fully saturated rings. The van der Waals surface area contributed by atoms with Crippen molar-refractivity contribution < 1.29 is 19.8 Å². The molecular formula is C10H21N3O4. The summed E-state index contributed by atoms with van der Waals surface area (Å²) in [5.41, 5.74) is -1.96. The van der Waals surface area contributed by atoms with Crippen LogP contribution in [0.1, 0.15) is 13.8 Å². The zero-order chi connectivity index (χ0) is 13.6. The minimum atomic E-state index is -1.96. The van der Waals surface area contributed by atoms with Gasteiger partial charge in [0.25, 0.3) is 0 Å². The minimum absolute atomic E-state index is 0.0697. The number of nitrogens with zero attached hydrogens (tertiary/aromatic N) is 1. The molecule has 0 bridgehead atoms. The summed E-state index contributed by atoms with van der Waals surface area (Å²) in [6.07, 6.45) is 0. The van der Waals surface area contributed by atoms with Crippen molar-refractivity contribution in [2.75, 3.05) is 27.2 Å². The van der Waals surface area contributed by atoms with Crippen LogP contribution in [0.5, 0.6) is 0 Å². The van der Waals surface area contributed by atoms with Crippen LogP contribution in [0.15, 0.2) is 0 Å². The Morgan fingerprint density at radius 1 is 1.41 bits per heavy atom. The number of aliphatic carboxylic acids is 1. The standard InChI is InChI=1S/C10H21N3O4/c1-7(5-13(3)4)12-9(16)11-6-10(2,17)8(14)15/h7,17H,5-6H2,1-4H3,(H,14,15)(H2,11,12,16). The molecule has 2 unspecified atom stereocenters. The van der Waals surface area contributed by atoms with Crippen molar-refractivity contribution in [3.63, 3.8) is 0 Å². The van der Waals surface area contributed by atoms with Crippen LogP contribution in [-0.2, 0) is 4.79 Å². The molecule has 0 aliphatic heterocycles. The molecule has 0 aromatic heterocycles. The first-order valence-electron chi connectivity index (χ1n) is 5.30. The number of carboxylic acids is 1. The molecule has 0 saturated carbocycles. The third kappa shape index (κ3) is 6.75. The number of likely N-dealkylation sites (N-methyl/N-ethyl adjacent to an activating group) is 1. The van der Waals surface area contributed by atoms with Gasteiger partial charge in [-0.3, -0.25) is 0 Å². The van der Waals surface area contributed by atoms with Crippen molar-refractivity contribution in [1.29, 1.82) is 0 Å². The van der Waals surface area contributed by atoms with Gasteiger partial charge in [0.1, 0.15) is 0 Å². The lowest BCUT2D eigenvalue weighted by Crippen LogP contribution is -2.51. The molecule has 17 heavy (non-hydrogen) atoms. The molecule has 7 heteroatoms. The maximum absolute atomic E-state index is 11.4. The second-order valence-electron chi connectivity index (χ2n) is 4.57. The van der Waals surface area contributed by atoms with E-state index in [4.69, 9.17) is 5.11 Å². The van der Waals surface area contributed by atoms with E-state index < -0.39 is 17.6 Å². The van der Waals surface area contributed by atoms with E-state index in [1.54, 1.807) is 0 Å². The number of rotatable bonds is 6. The van der Waals surface area contributed by atoms with Crippen LogP contribution in [-0.4, -0.2) is 65.9 Å². The molecule has 0 aliphatic carbocycles. The van der Waals surface area contributed by atoms with Gasteiger partial charge in [0.15, 0.2) is 5.60 Å². The number of nitrogens with one attached hydrogen (secondary N) is 2. The predicted molar refractivity (Wildman–Crippen MR) is 62.8 cm³/mol. The van der Waals surface area contributed by atoms with E-state index in [0.717, 1.165) is 6.92 Å². The number of urea groups is 1. The average molecular weight is 247 g/mol. The Morgan fingerprint density at radius 3 is 2.35 bits per heavy atom. The summed E-state index contributed by atoms with van der Waals surface area (Å²) in [6.45, 7) is 3.28. The van der Waals surface area contributed by atoms with Crippen LogP contribution < -0.4 is 10.6 Å². The number of hydrogen-bond donors (Lipinski definition) is 4. The molecule has 4 N–H and O–H groups in total. The molecule has 7 nitrogen and oxygen atoms in total. The summed E-state index contributed by atoms with van der Waals surface area (Å²) in [6, 6.07) is -0.569. The van der Waals surface area contributed by atoms with E-state index in [1.807, 2.05) is 25.9 Å². The smallest absolute Gasteiger partial charge is 0.337 e. The minimum Gasteiger partial charge on any atom is -0.479 e. The Hall–Kier alpha value is -1.34. The highest BCUT2D eigenvalue weighted by Gasteiger charge is 2.30. The van der Waals surface area contributed by atoms with Crippen LogP contribution >= 0.6 is 0 Å².